The summed E-state index contributed by atoms with van der Waals surface area (Å²) in [4.78, 5) is 17.4. The van der Waals surface area contributed by atoms with E-state index in [1.165, 1.54) is 25.7 Å². The summed E-state index contributed by atoms with van der Waals surface area (Å²) in [5, 5.41) is 0. The monoisotopic (exact) mass is 292 g/mol. The molecular weight excluding hydrogens is 268 g/mol. The number of ether oxygens (including phenoxy) is 1. The number of hydrogen-bond donors (Lipinski definition) is 1. The lowest BCUT2D eigenvalue weighted by atomic mass is 10.2. The van der Waals surface area contributed by atoms with Crippen LogP contribution in [0, 0.1) is 0 Å². The molecule has 7 nitrogen and oxygen atoms in total. The fourth-order valence-electron chi connectivity index (χ4n) is 3.25. The number of aromatic nitrogens is 3. The maximum Gasteiger partial charge on any atom is 0.323 e. The van der Waals surface area contributed by atoms with Crippen LogP contribution in [0.25, 0.3) is 0 Å². The van der Waals surface area contributed by atoms with E-state index in [0.29, 0.717) is 18.6 Å². The van der Waals surface area contributed by atoms with Gasteiger partial charge in [0, 0.05) is 32.2 Å². The predicted octanol–water partition coefficient (Wildman–Crippen LogP) is 0.917. The number of rotatable bonds is 4. The van der Waals surface area contributed by atoms with Crippen LogP contribution < -0.4 is 15.4 Å². The number of hydrogen-bond acceptors (Lipinski definition) is 7. The molecule has 2 aliphatic rings. The Hall–Kier alpha value is -1.63. The van der Waals surface area contributed by atoms with Crippen LogP contribution >= 0.6 is 0 Å². The number of nitrogen functional groups attached to an aromatic ring is 1. The van der Waals surface area contributed by atoms with Crippen molar-refractivity contribution in [3.05, 3.63) is 0 Å². The molecule has 1 aromatic rings. The molecule has 0 aromatic carbocycles. The zero-order valence-electron chi connectivity index (χ0n) is 12.7. The second kappa shape index (κ2) is 6.43. The average Bonchev–Trinajstić information content (AvgIpc) is 3.01. The molecule has 0 spiro atoms. The van der Waals surface area contributed by atoms with Gasteiger partial charge in [-0.1, -0.05) is 12.8 Å². The number of nitrogens with two attached hydrogens (primary N) is 1. The summed E-state index contributed by atoms with van der Waals surface area (Å²) >= 11 is 0. The Bertz CT molecular complexity index is 469. The third-order valence-electron chi connectivity index (χ3n) is 4.33. The molecule has 7 heteroatoms. The minimum atomic E-state index is 0.224. The van der Waals surface area contributed by atoms with Gasteiger partial charge >= 0.3 is 6.01 Å². The van der Waals surface area contributed by atoms with Crippen molar-refractivity contribution in [2.24, 2.45) is 0 Å². The van der Waals surface area contributed by atoms with Crippen molar-refractivity contribution in [1.29, 1.82) is 0 Å². The highest BCUT2D eigenvalue weighted by atomic mass is 16.5. The minimum Gasteiger partial charge on any atom is -0.464 e. The van der Waals surface area contributed by atoms with Crippen LogP contribution in [0.1, 0.15) is 32.6 Å². The van der Waals surface area contributed by atoms with Crippen molar-refractivity contribution in [1.82, 2.24) is 19.9 Å². The molecule has 0 atom stereocenters. The third kappa shape index (κ3) is 3.34. The Labute approximate surface area is 125 Å². The molecule has 1 aliphatic heterocycles. The van der Waals surface area contributed by atoms with E-state index in [4.69, 9.17) is 10.5 Å². The molecule has 1 saturated heterocycles. The van der Waals surface area contributed by atoms with Gasteiger partial charge in [0.25, 0.3) is 0 Å². The average molecular weight is 292 g/mol. The zero-order chi connectivity index (χ0) is 14.7. The summed E-state index contributed by atoms with van der Waals surface area (Å²) in [6.45, 7) is 6.44. The van der Waals surface area contributed by atoms with E-state index in [2.05, 4.69) is 24.8 Å². The number of nitrogens with zero attached hydrogens (tertiary/aromatic N) is 5. The first-order valence-electron chi connectivity index (χ1n) is 7.89. The molecule has 2 N–H and O–H groups in total. The lowest BCUT2D eigenvalue weighted by molar-refractivity contribution is 0.186. The topological polar surface area (TPSA) is 80.4 Å². The Morgan fingerprint density at radius 2 is 1.81 bits per heavy atom. The zero-order valence-corrected chi connectivity index (χ0v) is 12.7. The fraction of sp³-hybridized carbons (Fsp3) is 0.786. The summed E-state index contributed by atoms with van der Waals surface area (Å²) < 4.78 is 5.34. The van der Waals surface area contributed by atoms with Gasteiger partial charge in [0.05, 0.1) is 6.61 Å². The molecule has 0 amide bonds. The fourth-order valence-corrected chi connectivity index (χ4v) is 3.25. The molecule has 116 valence electrons. The third-order valence-corrected chi connectivity index (χ3v) is 4.33. The van der Waals surface area contributed by atoms with Gasteiger partial charge in [0.2, 0.25) is 11.9 Å². The van der Waals surface area contributed by atoms with Gasteiger partial charge in [-0.3, -0.25) is 4.90 Å². The summed E-state index contributed by atoms with van der Waals surface area (Å²) in [7, 11) is 0. The molecule has 2 heterocycles. The van der Waals surface area contributed by atoms with Gasteiger partial charge in [0.15, 0.2) is 0 Å². The first-order chi connectivity index (χ1) is 10.3. The van der Waals surface area contributed by atoms with Crippen molar-refractivity contribution in [2.75, 3.05) is 43.4 Å². The number of piperazine rings is 1. The summed E-state index contributed by atoms with van der Waals surface area (Å²) in [6, 6.07) is 1.10. The Morgan fingerprint density at radius 1 is 1.10 bits per heavy atom. The molecule has 3 rings (SSSR count). The van der Waals surface area contributed by atoms with Gasteiger partial charge in [-0.25, -0.2) is 0 Å². The van der Waals surface area contributed by atoms with Crippen LogP contribution in [-0.4, -0.2) is 58.7 Å². The van der Waals surface area contributed by atoms with Crippen LogP contribution in [0.2, 0.25) is 0 Å². The van der Waals surface area contributed by atoms with Crippen molar-refractivity contribution in [3.63, 3.8) is 0 Å². The molecule has 1 aromatic heterocycles. The maximum atomic E-state index is 5.74. The smallest absolute Gasteiger partial charge is 0.323 e. The van der Waals surface area contributed by atoms with E-state index >= 15 is 0 Å². The van der Waals surface area contributed by atoms with Crippen molar-refractivity contribution >= 4 is 11.9 Å². The minimum absolute atomic E-state index is 0.224. The Balaban J connectivity index is 1.63. The molecule has 2 fully saturated rings. The molecular formula is C14H24N6O. The molecule has 1 saturated carbocycles. The Kier molecular flexibility index (Phi) is 4.38. The highest BCUT2D eigenvalue weighted by molar-refractivity contribution is 5.36. The van der Waals surface area contributed by atoms with Crippen molar-refractivity contribution < 1.29 is 4.74 Å². The van der Waals surface area contributed by atoms with Crippen molar-refractivity contribution in [2.45, 2.75) is 38.6 Å². The summed E-state index contributed by atoms with van der Waals surface area (Å²) in [5.74, 6) is 0.860. The van der Waals surface area contributed by atoms with E-state index in [1.807, 2.05) is 6.92 Å². The van der Waals surface area contributed by atoms with E-state index in [9.17, 15) is 0 Å². The Morgan fingerprint density at radius 3 is 2.48 bits per heavy atom. The molecule has 21 heavy (non-hydrogen) atoms. The molecule has 0 bridgehead atoms. The summed E-state index contributed by atoms with van der Waals surface area (Å²) in [6.07, 6.45) is 5.47. The highest BCUT2D eigenvalue weighted by Gasteiger charge is 2.27. The normalized spacial score (nSPS) is 20.9. The highest BCUT2D eigenvalue weighted by Crippen LogP contribution is 2.25. The van der Waals surface area contributed by atoms with Gasteiger partial charge in [0.1, 0.15) is 0 Å². The van der Waals surface area contributed by atoms with E-state index in [-0.39, 0.29) is 5.95 Å². The lowest BCUT2D eigenvalue weighted by Gasteiger charge is -2.38. The van der Waals surface area contributed by atoms with Crippen LogP contribution in [-0.2, 0) is 0 Å². The van der Waals surface area contributed by atoms with Crippen LogP contribution in [0.4, 0.5) is 11.9 Å². The maximum absolute atomic E-state index is 5.74. The molecule has 0 unspecified atom stereocenters. The first-order valence-corrected chi connectivity index (χ1v) is 7.89. The summed E-state index contributed by atoms with van der Waals surface area (Å²) in [5.41, 5.74) is 5.74. The van der Waals surface area contributed by atoms with E-state index < -0.39 is 0 Å². The quantitative estimate of drug-likeness (QED) is 0.883. The van der Waals surface area contributed by atoms with E-state index in [0.717, 1.165) is 32.2 Å². The first kappa shape index (κ1) is 14.3. The van der Waals surface area contributed by atoms with Crippen molar-refractivity contribution in [3.8, 4) is 6.01 Å². The van der Waals surface area contributed by atoms with Gasteiger partial charge in [-0.05, 0) is 19.8 Å². The largest absolute Gasteiger partial charge is 0.464 e. The van der Waals surface area contributed by atoms with E-state index in [1.54, 1.807) is 0 Å². The number of anilines is 2. The van der Waals surface area contributed by atoms with Gasteiger partial charge in [-0.15, -0.1) is 0 Å². The second-order valence-electron chi connectivity index (χ2n) is 5.67. The second-order valence-corrected chi connectivity index (χ2v) is 5.67. The van der Waals surface area contributed by atoms with Gasteiger partial charge in [-0.2, -0.15) is 15.0 Å². The van der Waals surface area contributed by atoms with Crippen LogP contribution in [0.5, 0.6) is 6.01 Å². The molecule has 1 aliphatic carbocycles. The van der Waals surface area contributed by atoms with Gasteiger partial charge < -0.3 is 15.4 Å². The molecule has 0 radical (unpaired) electrons. The lowest BCUT2D eigenvalue weighted by Crippen LogP contribution is -2.50. The SMILES string of the molecule is CCOc1nc(N)nc(N2CCN(C3CCCC3)CC2)n1. The standard InChI is InChI=1S/C14H24N6O/c1-2-21-14-17-12(15)16-13(18-14)20-9-7-19(8-10-20)11-5-3-4-6-11/h11H,2-10H2,1H3,(H2,15,16,17,18). The van der Waals surface area contributed by atoms with Crippen LogP contribution in [0.15, 0.2) is 0 Å². The predicted molar refractivity (Wildman–Crippen MR) is 81.5 cm³/mol. The van der Waals surface area contributed by atoms with Crippen LogP contribution in [0.3, 0.4) is 0 Å².